The summed E-state index contributed by atoms with van der Waals surface area (Å²) in [5, 5.41) is 7.76. The molecule has 1 nitrogen and oxygen atoms in total. The van der Waals surface area contributed by atoms with E-state index in [0.717, 1.165) is 0 Å². The van der Waals surface area contributed by atoms with Crippen LogP contribution in [0.1, 0.15) is 0 Å². The van der Waals surface area contributed by atoms with Crippen molar-refractivity contribution >= 4 is 0 Å². The second kappa shape index (κ2) is 3.79. The third-order valence-corrected chi connectivity index (χ3v) is 0.254. The topological polar surface area (TPSA) is 23.8 Å². The first kappa shape index (κ1) is 4.79. The average molecular weight is 77.1 g/mol. The van der Waals surface area contributed by atoms with Crippen LogP contribution in [0.3, 0.4) is 0 Å². The number of terminal acetylenes is 1. The summed E-state index contributed by atoms with van der Waals surface area (Å²) < 4.78 is 0. The van der Waals surface area contributed by atoms with Crippen molar-refractivity contribution in [1.82, 2.24) is 0 Å². The van der Waals surface area contributed by atoms with Crippen molar-refractivity contribution in [1.29, 1.82) is 5.26 Å². The van der Waals surface area contributed by atoms with Crippen LogP contribution < -0.4 is 0 Å². The third kappa shape index (κ3) is 2.79. The average Bonchev–Trinajstić information content (AvgIpc) is 1.61. The Kier molecular flexibility index (Phi) is 3.03. The highest BCUT2D eigenvalue weighted by Gasteiger charge is 1.50. The minimum absolute atomic E-state index is 1.25. The molecule has 0 aromatic carbocycles. The van der Waals surface area contributed by atoms with E-state index in [1.807, 2.05) is 0 Å². The minimum Gasteiger partial charge on any atom is -0.193 e. The second-order valence-electron chi connectivity index (χ2n) is 0.629. The molecule has 0 aromatic rings. The van der Waals surface area contributed by atoms with Crippen LogP contribution in [-0.2, 0) is 0 Å². The van der Waals surface area contributed by atoms with Crippen molar-refractivity contribution in [3.63, 3.8) is 0 Å². The van der Waals surface area contributed by atoms with Gasteiger partial charge in [0.25, 0.3) is 0 Å². The molecule has 28 valence electrons. The standard InChI is InChI=1S/C5H3N/c1-2-3-4-5-6/h1,3-4H/b4-3-. The van der Waals surface area contributed by atoms with Crippen molar-refractivity contribution < 1.29 is 0 Å². The maximum absolute atomic E-state index is 7.76. The van der Waals surface area contributed by atoms with E-state index < -0.39 is 0 Å². The van der Waals surface area contributed by atoms with Crippen molar-refractivity contribution in [2.24, 2.45) is 0 Å². The molecule has 0 bridgehead atoms. The molecule has 0 aromatic heterocycles. The number of nitrogens with zero attached hydrogens (tertiary/aromatic N) is 1. The Morgan fingerprint density at radius 2 is 2.17 bits per heavy atom. The summed E-state index contributed by atoms with van der Waals surface area (Å²) in [6, 6.07) is 1.75. The molecular weight excluding hydrogens is 74.1 g/mol. The predicted molar refractivity (Wildman–Crippen MR) is 23.6 cm³/mol. The number of hydrogen-bond acceptors (Lipinski definition) is 1. The minimum atomic E-state index is 1.25. The molecule has 0 rings (SSSR count). The molecule has 1 heteroatoms. The Bertz CT molecular complexity index is 104. The molecule has 0 aliphatic heterocycles. The van der Waals surface area contributed by atoms with Crippen LogP contribution in [0.2, 0.25) is 0 Å². The molecule has 0 atom stereocenters. The van der Waals surface area contributed by atoms with Gasteiger partial charge >= 0.3 is 0 Å². The fourth-order valence-electron chi connectivity index (χ4n) is 0.0854. The van der Waals surface area contributed by atoms with Crippen molar-refractivity contribution in [2.45, 2.75) is 0 Å². The van der Waals surface area contributed by atoms with Crippen LogP contribution in [0.25, 0.3) is 0 Å². The highest BCUT2D eigenvalue weighted by atomic mass is 14.2. The summed E-state index contributed by atoms with van der Waals surface area (Å²) in [5.41, 5.74) is 0. The van der Waals surface area contributed by atoms with Gasteiger partial charge in [-0.05, 0) is 6.08 Å². The summed E-state index contributed by atoms with van der Waals surface area (Å²) in [5.74, 6) is 2.17. The number of allylic oxidation sites excluding steroid dienone is 2. The molecule has 0 heterocycles. The number of rotatable bonds is 0. The quantitative estimate of drug-likeness (QED) is 0.308. The maximum Gasteiger partial charge on any atom is 0.0918 e. The molecule has 0 fully saturated rings. The van der Waals surface area contributed by atoms with Gasteiger partial charge in [-0.3, -0.25) is 0 Å². The zero-order valence-electron chi connectivity index (χ0n) is 3.18. The Balaban J connectivity index is 3.36. The van der Waals surface area contributed by atoms with Gasteiger partial charge in [-0.15, -0.1) is 6.42 Å². The smallest absolute Gasteiger partial charge is 0.0918 e. The largest absolute Gasteiger partial charge is 0.193 e. The van der Waals surface area contributed by atoms with E-state index in [1.54, 1.807) is 6.07 Å². The number of nitriles is 1. The summed E-state index contributed by atoms with van der Waals surface area (Å²) >= 11 is 0. The summed E-state index contributed by atoms with van der Waals surface area (Å²) in [6.07, 6.45) is 7.32. The first-order chi connectivity index (χ1) is 2.91. The van der Waals surface area contributed by atoms with Crippen LogP contribution in [0, 0.1) is 23.7 Å². The van der Waals surface area contributed by atoms with Gasteiger partial charge in [0.2, 0.25) is 0 Å². The summed E-state index contributed by atoms with van der Waals surface area (Å²) in [4.78, 5) is 0. The molecule has 0 aliphatic carbocycles. The van der Waals surface area contributed by atoms with E-state index in [2.05, 4.69) is 5.92 Å². The zero-order chi connectivity index (χ0) is 4.83. The van der Waals surface area contributed by atoms with Crippen LogP contribution >= 0.6 is 0 Å². The van der Waals surface area contributed by atoms with E-state index in [9.17, 15) is 0 Å². The van der Waals surface area contributed by atoms with Crippen LogP contribution in [0.4, 0.5) is 0 Å². The Labute approximate surface area is 36.9 Å². The fourth-order valence-corrected chi connectivity index (χ4v) is 0.0854. The molecule has 0 radical (unpaired) electrons. The lowest BCUT2D eigenvalue weighted by Gasteiger charge is -1.50. The predicted octanol–water partition coefficient (Wildman–Crippen LogP) is 0.699. The second-order valence-corrected chi connectivity index (χ2v) is 0.629. The molecule has 0 spiro atoms. The molecule has 6 heavy (non-hydrogen) atoms. The van der Waals surface area contributed by atoms with Crippen LogP contribution in [-0.4, -0.2) is 0 Å². The van der Waals surface area contributed by atoms with Gasteiger partial charge in [0.1, 0.15) is 0 Å². The zero-order valence-corrected chi connectivity index (χ0v) is 3.18. The first-order valence-electron chi connectivity index (χ1n) is 1.42. The van der Waals surface area contributed by atoms with Gasteiger partial charge < -0.3 is 0 Å². The molecule has 0 saturated heterocycles. The van der Waals surface area contributed by atoms with Gasteiger partial charge in [0.15, 0.2) is 0 Å². The van der Waals surface area contributed by atoms with Crippen molar-refractivity contribution in [2.75, 3.05) is 0 Å². The van der Waals surface area contributed by atoms with E-state index in [-0.39, 0.29) is 0 Å². The summed E-state index contributed by atoms with van der Waals surface area (Å²) in [7, 11) is 0. The Hall–Kier alpha value is -1.21. The first-order valence-corrected chi connectivity index (χ1v) is 1.42. The Morgan fingerprint density at radius 3 is 2.33 bits per heavy atom. The van der Waals surface area contributed by atoms with Gasteiger partial charge in [-0.1, -0.05) is 5.92 Å². The lowest BCUT2D eigenvalue weighted by molar-refractivity contribution is 1.53. The SMILES string of the molecule is C#C/C=C\C#N. The molecule has 0 aliphatic rings. The third-order valence-electron chi connectivity index (χ3n) is 0.254. The van der Waals surface area contributed by atoms with E-state index in [4.69, 9.17) is 11.7 Å². The van der Waals surface area contributed by atoms with Crippen LogP contribution in [0.15, 0.2) is 12.2 Å². The maximum atomic E-state index is 7.76. The fraction of sp³-hybridized carbons (Fsp3) is 0. The van der Waals surface area contributed by atoms with Gasteiger partial charge in [0, 0.05) is 6.08 Å². The highest BCUT2D eigenvalue weighted by molar-refractivity contribution is 5.15. The normalized spacial score (nSPS) is 7.00. The van der Waals surface area contributed by atoms with Crippen molar-refractivity contribution in [3.05, 3.63) is 12.2 Å². The van der Waals surface area contributed by atoms with E-state index in [0.29, 0.717) is 0 Å². The van der Waals surface area contributed by atoms with Gasteiger partial charge in [-0.2, -0.15) is 5.26 Å². The van der Waals surface area contributed by atoms with Gasteiger partial charge in [-0.25, -0.2) is 0 Å². The number of hydrogen-bond donors (Lipinski definition) is 0. The highest BCUT2D eigenvalue weighted by Crippen LogP contribution is 1.59. The Morgan fingerprint density at radius 1 is 1.50 bits per heavy atom. The molecule has 0 N–H and O–H groups in total. The molecule has 0 saturated carbocycles. The van der Waals surface area contributed by atoms with E-state index in [1.165, 1.54) is 12.2 Å². The monoisotopic (exact) mass is 77.0 g/mol. The molecular formula is C5H3N. The van der Waals surface area contributed by atoms with E-state index >= 15 is 0 Å². The van der Waals surface area contributed by atoms with Crippen molar-refractivity contribution in [3.8, 4) is 18.4 Å². The van der Waals surface area contributed by atoms with Crippen LogP contribution in [0.5, 0.6) is 0 Å². The lowest BCUT2D eigenvalue weighted by atomic mass is 10.5. The summed E-state index contributed by atoms with van der Waals surface area (Å²) in [6.45, 7) is 0. The molecule has 0 unspecified atom stereocenters. The van der Waals surface area contributed by atoms with Gasteiger partial charge in [0.05, 0.1) is 6.07 Å². The molecule has 0 amide bonds. The lowest BCUT2D eigenvalue weighted by Crippen LogP contribution is -1.40.